The maximum Gasteiger partial charge on any atom is 0.255 e. The second kappa shape index (κ2) is 5.80. The molecule has 0 radical (unpaired) electrons. The molecule has 6 nitrogen and oxygen atoms in total. The number of ether oxygens (including phenoxy) is 1. The van der Waals surface area contributed by atoms with E-state index in [2.05, 4.69) is 6.07 Å². The van der Waals surface area contributed by atoms with E-state index in [1.807, 2.05) is 4.90 Å². The lowest BCUT2D eigenvalue weighted by molar-refractivity contribution is 0.0756. The average molecular weight is 274 g/mol. The Balaban J connectivity index is 2.37. The summed E-state index contributed by atoms with van der Waals surface area (Å²) in [6.07, 6.45) is -0.479. The third kappa shape index (κ3) is 2.83. The summed E-state index contributed by atoms with van der Waals surface area (Å²) in [4.78, 5) is 15.7. The lowest BCUT2D eigenvalue weighted by Gasteiger charge is -2.33. The number of nitrogen functional groups attached to an aromatic ring is 1. The molecule has 0 bridgehead atoms. The average Bonchev–Trinajstić information content (AvgIpc) is 2.46. The highest BCUT2D eigenvalue weighted by Crippen LogP contribution is 2.26. The van der Waals surface area contributed by atoms with E-state index in [0.717, 1.165) is 5.69 Å². The molecule has 1 atom stereocenters. The van der Waals surface area contributed by atoms with Crippen LogP contribution in [0.1, 0.15) is 10.4 Å². The molecule has 2 N–H and O–H groups in total. The van der Waals surface area contributed by atoms with Crippen molar-refractivity contribution in [2.75, 3.05) is 44.4 Å². The molecular formula is C14H18N4O2. The van der Waals surface area contributed by atoms with Crippen LogP contribution < -0.4 is 10.6 Å². The highest BCUT2D eigenvalue weighted by molar-refractivity contribution is 6.00. The maximum atomic E-state index is 12.2. The van der Waals surface area contributed by atoms with Gasteiger partial charge >= 0.3 is 0 Å². The highest BCUT2D eigenvalue weighted by Gasteiger charge is 2.24. The summed E-state index contributed by atoms with van der Waals surface area (Å²) in [6, 6.07) is 7.31. The fourth-order valence-electron chi connectivity index (χ4n) is 2.18. The summed E-state index contributed by atoms with van der Waals surface area (Å²) in [5, 5.41) is 8.98. The first-order chi connectivity index (χ1) is 9.52. The third-order valence-corrected chi connectivity index (χ3v) is 3.21. The van der Waals surface area contributed by atoms with E-state index in [-0.39, 0.29) is 5.91 Å². The van der Waals surface area contributed by atoms with Crippen molar-refractivity contribution in [3.63, 3.8) is 0 Å². The fraction of sp³-hybridized carbons (Fsp3) is 0.429. The molecule has 1 saturated heterocycles. The second-order valence-electron chi connectivity index (χ2n) is 4.91. The van der Waals surface area contributed by atoms with Gasteiger partial charge in [-0.2, -0.15) is 5.26 Å². The monoisotopic (exact) mass is 274 g/mol. The summed E-state index contributed by atoms with van der Waals surface area (Å²) in [5.41, 5.74) is 7.77. The van der Waals surface area contributed by atoms with Gasteiger partial charge in [0.25, 0.3) is 5.91 Å². The van der Waals surface area contributed by atoms with Crippen molar-refractivity contribution >= 4 is 17.3 Å². The number of nitriles is 1. The first-order valence-electron chi connectivity index (χ1n) is 6.40. The van der Waals surface area contributed by atoms with E-state index in [1.165, 1.54) is 4.90 Å². The van der Waals surface area contributed by atoms with Gasteiger partial charge in [0.05, 0.1) is 30.5 Å². The standard InChI is InChI=1S/C14H18N4O2/c1-17(2)14(19)12-4-3-10(16)7-13(12)18-5-6-20-11(8-15)9-18/h3-4,7,11H,5-6,9,16H2,1-2H3. The number of carbonyl (C=O) groups excluding carboxylic acids is 1. The predicted molar refractivity (Wildman–Crippen MR) is 76.4 cm³/mol. The smallest absolute Gasteiger partial charge is 0.255 e. The normalized spacial score (nSPS) is 18.4. The van der Waals surface area contributed by atoms with Crippen molar-refractivity contribution < 1.29 is 9.53 Å². The van der Waals surface area contributed by atoms with Gasteiger partial charge in [0.2, 0.25) is 0 Å². The highest BCUT2D eigenvalue weighted by atomic mass is 16.5. The van der Waals surface area contributed by atoms with E-state index >= 15 is 0 Å². The van der Waals surface area contributed by atoms with E-state index in [4.69, 9.17) is 15.7 Å². The van der Waals surface area contributed by atoms with Crippen molar-refractivity contribution in [3.8, 4) is 6.07 Å². The fourth-order valence-corrected chi connectivity index (χ4v) is 2.18. The zero-order valence-electron chi connectivity index (χ0n) is 11.7. The van der Waals surface area contributed by atoms with E-state index < -0.39 is 6.10 Å². The van der Waals surface area contributed by atoms with Crippen LogP contribution >= 0.6 is 0 Å². The zero-order chi connectivity index (χ0) is 14.7. The number of anilines is 2. The molecule has 1 aromatic rings. The minimum absolute atomic E-state index is 0.0833. The summed E-state index contributed by atoms with van der Waals surface area (Å²) in [6.45, 7) is 1.53. The quantitative estimate of drug-likeness (QED) is 0.803. The molecule has 1 amide bonds. The molecule has 6 heteroatoms. The SMILES string of the molecule is CN(C)C(=O)c1ccc(N)cc1N1CCOC(C#N)C1. The number of benzene rings is 1. The number of nitrogens with zero attached hydrogens (tertiary/aromatic N) is 3. The Morgan fingerprint density at radius 3 is 2.95 bits per heavy atom. The minimum Gasteiger partial charge on any atom is -0.399 e. The molecule has 2 rings (SSSR count). The molecule has 1 heterocycles. The summed E-state index contributed by atoms with van der Waals surface area (Å²) >= 11 is 0. The van der Waals surface area contributed by atoms with Crippen molar-refractivity contribution in [2.45, 2.75) is 6.10 Å². The van der Waals surface area contributed by atoms with Gasteiger partial charge in [-0.25, -0.2) is 0 Å². The Morgan fingerprint density at radius 1 is 1.55 bits per heavy atom. The Morgan fingerprint density at radius 2 is 2.30 bits per heavy atom. The van der Waals surface area contributed by atoms with Crippen LogP contribution in [0.25, 0.3) is 0 Å². The zero-order valence-corrected chi connectivity index (χ0v) is 11.7. The van der Waals surface area contributed by atoms with Crippen LogP contribution in [0.5, 0.6) is 0 Å². The lowest BCUT2D eigenvalue weighted by Crippen LogP contribution is -2.42. The number of nitrogens with two attached hydrogens (primary N) is 1. The van der Waals surface area contributed by atoms with Crippen molar-refractivity contribution in [1.29, 1.82) is 5.26 Å². The van der Waals surface area contributed by atoms with Gasteiger partial charge in [-0.05, 0) is 18.2 Å². The lowest BCUT2D eigenvalue weighted by atomic mass is 10.1. The summed E-state index contributed by atoms with van der Waals surface area (Å²) in [5.74, 6) is -0.0833. The van der Waals surface area contributed by atoms with E-state index in [9.17, 15) is 4.79 Å². The Kier molecular flexibility index (Phi) is 4.11. The Labute approximate surface area is 118 Å². The number of amides is 1. The third-order valence-electron chi connectivity index (χ3n) is 3.21. The van der Waals surface area contributed by atoms with Crippen LogP contribution in [0.4, 0.5) is 11.4 Å². The molecule has 1 aliphatic rings. The molecule has 0 saturated carbocycles. The van der Waals surface area contributed by atoms with E-state index in [1.54, 1.807) is 32.3 Å². The largest absolute Gasteiger partial charge is 0.399 e. The van der Waals surface area contributed by atoms with E-state index in [0.29, 0.717) is 30.9 Å². The molecule has 0 aliphatic carbocycles. The molecule has 0 aromatic heterocycles. The van der Waals surface area contributed by atoms with Gasteiger partial charge in [-0.1, -0.05) is 0 Å². The van der Waals surface area contributed by atoms with Crippen molar-refractivity contribution in [1.82, 2.24) is 4.90 Å². The van der Waals surface area contributed by atoms with Crippen LogP contribution in [-0.2, 0) is 4.74 Å². The summed E-state index contributed by atoms with van der Waals surface area (Å²) < 4.78 is 5.33. The van der Waals surface area contributed by atoms with Gasteiger partial charge in [0.1, 0.15) is 0 Å². The van der Waals surface area contributed by atoms with Gasteiger partial charge < -0.3 is 20.3 Å². The number of rotatable bonds is 2. The van der Waals surface area contributed by atoms with Crippen molar-refractivity contribution in [2.24, 2.45) is 0 Å². The minimum atomic E-state index is -0.479. The summed E-state index contributed by atoms with van der Waals surface area (Å²) in [7, 11) is 3.42. The van der Waals surface area contributed by atoms with Crippen LogP contribution in [0.15, 0.2) is 18.2 Å². The molecule has 1 unspecified atom stereocenters. The first-order valence-corrected chi connectivity index (χ1v) is 6.40. The Bertz CT molecular complexity index is 551. The molecular weight excluding hydrogens is 256 g/mol. The first kappa shape index (κ1) is 14.2. The maximum absolute atomic E-state index is 12.2. The number of morpholine rings is 1. The predicted octanol–water partition coefficient (Wildman–Crippen LogP) is 0.699. The molecule has 1 aliphatic heterocycles. The second-order valence-corrected chi connectivity index (χ2v) is 4.91. The van der Waals surface area contributed by atoms with Gasteiger partial charge in [-0.3, -0.25) is 4.79 Å². The molecule has 1 aromatic carbocycles. The van der Waals surface area contributed by atoms with Crippen LogP contribution in [0.3, 0.4) is 0 Å². The van der Waals surface area contributed by atoms with Gasteiger partial charge in [-0.15, -0.1) is 0 Å². The van der Waals surface area contributed by atoms with Crippen molar-refractivity contribution in [3.05, 3.63) is 23.8 Å². The topological polar surface area (TPSA) is 82.6 Å². The number of hydrogen-bond donors (Lipinski definition) is 1. The Hall–Kier alpha value is -2.26. The molecule has 1 fully saturated rings. The number of hydrogen-bond acceptors (Lipinski definition) is 5. The molecule has 0 spiro atoms. The van der Waals surface area contributed by atoms with Crippen LogP contribution in [0.2, 0.25) is 0 Å². The molecule has 20 heavy (non-hydrogen) atoms. The van der Waals surface area contributed by atoms with Gasteiger partial charge in [0.15, 0.2) is 6.10 Å². The van der Waals surface area contributed by atoms with Crippen LogP contribution in [0, 0.1) is 11.3 Å². The molecule has 106 valence electrons. The van der Waals surface area contributed by atoms with Crippen LogP contribution in [-0.4, -0.2) is 50.7 Å². The van der Waals surface area contributed by atoms with Gasteiger partial charge in [0, 0.05) is 26.3 Å². The number of carbonyl (C=O) groups is 1.